The maximum absolute atomic E-state index is 5.43. The Labute approximate surface area is 136 Å². The molecule has 0 N–H and O–H groups in total. The molecule has 1 aromatic heterocycles. The molecule has 23 heavy (non-hydrogen) atoms. The zero-order chi connectivity index (χ0) is 16.1. The molecule has 0 aliphatic carbocycles. The van der Waals surface area contributed by atoms with Crippen LogP contribution in [-0.2, 0) is 13.0 Å². The Morgan fingerprint density at radius 2 is 1.78 bits per heavy atom. The molecule has 2 aromatic carbocycles. The molecular weight excluding hydrogens is 286 g/mol. The molecule has 0 aliphatic heterocycles. The molecule has 4 heteroatoms. The first kappa shape index (κ1) is 15.3. The highest BCUT2D eigenvalue weighted by Gasteiger charge is 2.13. The summed E-state index contributed by atoms with van der Waals surface area (Å²) in [5.74, 6) is 1.21. The molecule has 0 saturated carbocycles. The van der Waals surface area contributed by atoms with E-state index >= 15 is 0 Å². The lowest BCUT2D eigenvalue weighted by Crippen LogP contribution is -2.01. The van der Waals surface area contributed by atoms with E-state index in [1.165, 1.54) is 11.1 Å². The number of benzene rings is 2. The van der Waals surface area contributed by atoms with Crippen molar-refractivity contribution in [1.29, 1.82) is 0 Å². The minimum absolute atomic E-state index is 0.288. The van der Waals surface area contributed by atoms with E-state index in [9.17, 15) is 0 Å². The van der Waals surface area contributed by atoms with E-state index in [2.05, 4.69) is 35.4 Å². The molecule has 0 spiro atoms. The summed E-state index contributed by atoms with van der Waals surface area (Å²) >= 11 is 0. The van der Waals surface area contributed by atoms with Gasteiger partial charge in [0.15, 0.2) is 0 Å². The van der Waals surface area contributed by atoms with Crippen molar-refractivity contribution in [3.8, 4) is 5.75 Å². The van der Waals surface area contributed by atoms with Crippen LogP contribution in [0.3, 0.4) is 0 Å². The zero-order valence-electron chi connectivity index (χ0n) is 13.5. The average molecular weight is 307 g/mol. The first-order chi connectivity index (χ1) is 11.3. The van der Waals surface area contributed by atoms with Gasteiger partial charge in [0.05, 0.1) is 19.3 Å². The van der Waals surface area contributed by atoms with Gasteiger partial charge in [-0.15, -0.1) is 5.10 Å². The van der Waals surface area contributed by atoms with Gasteiger partial charge in [0.1, 0.15) is 5.75 Å². The Kier molecular flexibility index (Phi) is 4.71. The van der Waals surface area contributed by atoms with E-state index < -0.39 is 0 Å². The van der Waals surface area contributed by atoms with Crippen molar-refractivity contribution < 1.29 is 4.74 Å². The van der Waals surface area contributed by atoms with E-state index in [-0.39, 0.29) is 5.92 Å². The minimum Gasteiger partial charge on any atom is -0.496 e. The van der Waals surface area contributed by atoms with Crippen LogP contribution >= 0.6 is 0 Å². The third kappa shape index (κ3) is 3.77. The number of rotatable bonds is 6. The smallest absolute Gasteiger partial charge is 0.122 e. The molecule has 1 atom stereocenters. The highest BCUT2D eigenvalue weighted by Crippen LogP contribution is 2.25. The van der Waals surface area contributed by atoms with Crippen LogP contribution in [0, 0.1) is 0 Å². The molecule has 3 rings (SSSR count). The van der Waals surface area contributed by atoms with Crippen molar-refractivity contribution >= 4 is 0 Å². The van der Waals surface area contributed by atoms with Crippen LogP contribution in [0.15, 0.2) is 60.8 Å². The van der Waals surface area contributed by atoms with Crippen LogP contribution < -0.4 is 4.74 Å². The topological polar surface area (TPSA) is 39.9 Å². The van der Waals surface area contributed by atoms with Crippen molar-refractivity contribution in [2.24, 2.45) is 0 Å². The summed E-state index contributed by atoms with van der Waals surface area (Å²) < 4.78 is 7.32. The van der Waals surface area contributed by atoms with Gasteiger partial charge in [0, 0.05) is 12.1 Å². The van der Waals surface area contributed by atoms with Crippen molar-refractivity contribution in [3.05, 3.63) is 77.6 Å². The molecule has 0 amide bonds. The second-order valence-electron chi connectivity index (χ2n) is 5.74. The lowest BCUT2D eigenvalue weighted by molar-refractivity contribution is 0.408. The summed E-state index contributed by atoms with van der Waals surface area (Å²) in [4.78, 5) is 0. The molecule has 0 fully saturated rings. The second-order valence-corrected chi connectivity index (χ2v) is 5.74. The largest absolute Gasteiger partial charge is 0.496 e. The van der Waals surface area contributed by atoms with Gasteiger partial charge in [-0.3, -0.25) is 0 Å². The summed E-state index contributed by atoms with van der Waals surface area (Å²) in [5.41, 5.74) is 3.42. The molecule has 4 nitrogen and oxygen atoms in total. The first-order valence-electron chi connectivity index (χ1n) is 7.82. The van der Waals surface area contributed by atoms with Crippen molar-refractivity contribution in [1.82, 2.24) is 15.0 Å². The van der Waals surface area contributed by atoms with Gasteiger partial charge in [0.25, 0.3) is 0 Å². The average Bonchev–Trinajstić information content (AvgIpc) is 3.05. The highest BCUT2D eigenvalue weighted by atomic mass is 16.5. The quantitative estimate of drug-likeness (QED) is 0.697. The lowest BCUT2D eigenvalue weighted by atomic mass is 9.98. The summed E-state index contributed by atoms with van der Waals surface area (Å²) in [5, 5.41) is 8.59. The molecule has 1 unspecified atom stereocenters. The molecule has 3 aromatic rings. The minimum atomic E-state index is 0.288. The van der Waals surface area contributed by atoms with E-state index in [1.807, 2.05) is 47.3 Å². The van der Waals surface area contributed by atoms with Gasteiger partial charge in [-0.1, -0.05) is 60.7 Å². The SMILES string of the molecule is COc1ccccc1CC(C)c1cn(Cc2ccccc2)nn1. The molecule has 0 radical (unpaired) electrons. The van der Waals surface area contributed by atoms with E-state index in [1.54, 1.807) is 7.11 Å². The zero-order valence-corrected chi connectivity index (χ0v) is 13.5. The molecule has 0 aliphatic rings. The van der Waals surface area contributed by atoms with Gasteiger partial charge in [-0.25, -0.2) is 4.68 Å². The maximum Gasteiger partial charge on any atom is 0.122 e. The van der Waals surface area contributed by atoms with Crippen LogP contribution in [0.2, 0.25) is 0 Å². The standard InChI is InChI=1S/C19H21N3O/c1-15(12-17-10-6-7-11-19(17)23-2)18-14-22(21-20-18)13-16-8-4-3-5-9-16/h3-11,14-15H,12-13H2,1-2H3. The fourth-order valence-electron chi connectivity index (χ4n) is 2.69. The summed E-state index contributed by atoms with van der Waals surface area (Å²) in [6, 6.07) is 18.4. The van der Waals surface area contributed by atoms with Gasteiger partial charge < -0.3 is 4.74 Å². The van der Waals surface area contributed by atoms with Crippen LogP contribution in [0.4, 0.5) is 0 Å². The van der Waals surface area contributed by atoms with E-state index in [4.69, 9.17) is 4.74 Å². The number of ether oxygens (including phenoxy) is 1. The van der Waals surface area contributed by atoms with Crippen LogP contribution in [0.25, 0.3) is 0 Å². The predicted octanol–water partition coefficient (Wildman–Crippen LogP) is 3.68. The molecular formula is C19H21N3O. The molecule has 118 valence electrons. The fourth-order valence-corrected chi connectivity index (χ4v) is 2.69. The summed E-state index contributed by atoms with van der Waals surface area (Å²) in [6.45, 7) is 2.92. The predicted molar refractivity (Wildman–Crippen MR) is 90.7 cm³/mol. The number of hydrogen-bond donors (Lipinski definition) is 0. The third-order valence-corrected chi connectivity index (χ3v) is 3.97. The Bertz CT molecular complexity index is 752. The Hall–Kier alpha value is -2.62. The van der Waals surface area contributed by atoms with Gasteiger partial charge in [-0.2, -0.15) is 0 Å². The van der Waals surface area contributed by atoms with Crippen LogP contribution in [-0.4, -0.2) is 22.1 Å². The van der Waals surface area contributed by atoms with Crippen molar-refractivity contribution in [3.63, 3.8) is 0 Å². The number of methoxy groups -OCH3 is 1. The van der Waals surface area contributed by atoms with Gasteiger partial charge >= 0.3 is 0 Å². The van der Waals surface area contributed by atoms with Crippen molar-refractivity contribution in [2.45, 2.75) is 25.8 Å². The number of para-hydroxylation sites is 1. The maximum atomic E-state index is 5.43. The molecule has 1 heterocycles. The monoisotopic (exact) mass is 307 g/mol. The van der Waals surface area contributed by atoms with E-state index in [0.29, 0.717) is 0 Å². The van der Waals surface area contributed by atoms with Gasteiger partial charge in [0.2, 0.25) is 0 Å². The van der Waals surface area contributed by atoms with Crippen molar-refractivity contribution in [2.75, 3.05) is 7.11 Å². The second kappa shape index (κ2) is 7.09. The molecule has 0 bridgehead atoms. The van der Waals surface area contributed by atoms with Gasteiger partial charge in [-0.05, 0) is 23.6 Å². The number of aromatic nitrogens is 3. The summed E-state index contributed by atoms with van der Waals surface area (Å²) in [6.07, 6.45) is 2.92. The van der Waals surface area contributed by atoms with E-state index in [0.717, 1.165) is 24.4 Å². The summed E-state index contributed by atoms with van der Waals surface area (Å²) in [7, 11) is 1.71. The lowest BCUT2D eigenvalue weighted by Gasteiger charge is -2.11. The van der Waals surface area contributed by atoms with Crippen LogP contribution in [0.5, 0.6) is 5.75 Å². The molecule has 0 saturated heterocycles. The Morgan fingerprint density at radius 3 is 2.57 bits per heavy atom. The highest BCUT2D eigenvalue weighted by molar-refractivity contribution is 5.34. The Morgan fingerprint density at radius 1 is 1.04 bits per heavy atom. The Balaban J connectivity index is 1.70. The third-order valence-electron chi connectivity index (χ3n) is 3.97. The number of hydrogen-bond acceptors (Lipinski definition) is 3. The number of nitrogens with zero attached hydrogens (tertiary/aromatic N) is 3. The fraction of sp³-hybridized carbons (Fsp3) is 0.263. The normalized spacial score (nSPS) is 12.1. The van der Waals surface area contributed by atoms with Crippen LogP contribution in [0.1, 0.15) is 29.7 Å². The first-order valence-corrected chi connectivity index (χ1v) is 7.82.